The highest BCUT2D eigenvalue weighted by Crippen LogP contribution is 2.14. The van der Waals surface area contributed by atoms with Crippen LogP contribution in [0.25, 0.3) is 0 Å². The lowest BCUT2D eigenvalue weighted by molar-refractivity contribution is 0.160. The zero-order valence-corrected chi connectivity index (χ0v) is 12.7. The molecule has 0 fully saturated rings. The molecule has 2 amide bonds. The third-order valence-electron chi connectivity index (χ3n) is 3.30. The first-order valence-electron chi connectivity index (χ1n) is 7.08. The molecule has 0 saturated carbocycles. The van der Waals surface area contributed by atoms with E-state index in [2.05, 4.69) is 15.8 Å². The first-order valence-corrected chi connectivity index (χ1v) is 7.08. The predicted molar refractivity (Wildman–Crippen MR) is 76.6 cm³/mol. The molecule has 0 aromatic carbocycles. The number of aryl methyl sites for hydroxylation is 2. The van der Waals surface area contributed by atoms with Crippen molar-refractivity contribution < 1.29 is 14.4 Å². The smallest absolute Gasteiger partial charge is 0.315 e. The molecule has 0 aliphatic rings. The van der Waals surface area contributed by atoms with Crippen LogP contribution in [0.15, 0.2) is 4.52 Å². The van der Waals surface area contributed by atoms with Gasteiger partial charge in [-0.3, -0.25) is 0 Å². The van der Waals surface area contributed by atoms with Gasteiger partial charge in [-0.15, -0.1) is 0 Å². The van der Waals surface area contributed by atoms with Crippen molar-refractivity contribution in [3.8, 4) is 0 Å². The fraction of sp³-hybridized carbons (Fsp3) is 0.714. The summed E-state index contributed by atoms with van der Waals surface area (Å²) in [7, 11) is 0. The number of aromatic nitrogens is 1. The molecular formula is C14H25N3O3. The molecule has 0 spiro atoms. The average molecular weight is 283 g/mol. The second-order valence-corrected chi connectivity index (χ2v) is 5.16. The summed E-state index contributed by atoms with van der Waals surface area (Å²) >= 11 is 0. The number of aliphatic hydroxyl groups is 1. The standard InChI is InChI=1S/C14H25N3O3/c1-5-12(18)6-7-15-14(19)16-9(2)8-13-10(3)17-20-11(13)4/h9,12,18H,5-8H2,1-4H3,(H2,15,16,19). The maximum absolute atomic E-state index is 11.7. The summed E-state index contributed by atoms with van der Waals surface area (Å²) in [6.07, 6.45) is 1.61. The van der Waals surface area contributed by atoms with E-state index in [0.29, 0.717) is 25.8 Å². The van der Waals surface area contributed by atoms with Crippen molar-refractivity contribution in [3.05, 3.63) is 17.0 Å². The van der Waals surface area contributed by atoms with Crippen LogP contribution in [0.3, 0.4) is 0 Å². The molecule has 1 heterocycles. The SMILES string of the molecule is CCC(O)CCNC(=O)NC(C)Cc1c(C)noc1C. The van der Waals surface area contributed by atoms with Crippen LogP contribution in [0.4, 0.5) is 4.79 Å². The Labute approximate surface area is 119 Å². The number of amides is 2. The molecule has 0 aliphatic heterocycles. The number of rotatable bonds is 7. The van der Waals surface area contributed by atoms with Gasteiger partial charge in [-0.1, -0.05) is 12.1 Å². The molecule has 2 atom stereocenters. The van der Waals surface area contributed by atoms with Crippen LogP contribution in [0, 0.1) is 13.8 Å². The van der Waals surface area contributed by atoms with Gasteiger partial charge in [0.15, 0.2) is 0 Å². The van der Waals surface area contributed by atoms with Crippen molar-refractivity contribution in [2.45, 2.75) is 59.1 Å². The van der Waals surface area contributed by atoms with Gasteiger partial charge >= 0.3 is 6.03 Å². The number of hydrogen-bond acceptors (Lipinski definition) is 4. The summed E-state index contributed by atoms with van der Waals surface area (Å²) in [5.74, 6) is 0.794. The van der Waals surface area contributed by atoms with Gasteiger partial charge in [0.2, 0.25) is 0 Å². The molecule has 1 rings (SSSR count). The van der Waals surface area contributed by atoms with Crippen LogP contribution in [0.1, 0.15) is 43.7 Å². The Morgan fingerprint density at radius 2 is 2.15 bits per heavy atom. The van der Waals surface area contributed by atoms with Crippen LogP contribution in [0.5, 0.6) is 0 Å². The van der Waals surface area contributed by atoms with Crippen LogP contribution in [0.2, 0.25) is 0 Å². The molecule has 1 aromatic rings. The fourth-order valence-corrected chi connectivity index (χ4v) is 1.98. The van der Waals surface area contributed by atoms with Crippen LogP contribution >= 0.6 is 0 Å². The third kappa shape index (κ3) is 5.21. The van der Waals surface area contributed by atoms with E-state index in [0.717, 1.165) is 17.0 Å². The maximum atomic E-state index is 11.7. The molecule has 0 radical (unpaired) electrons. The minimum Gasteiger partial charge on any atom is -0.393 e. The molecular weight excluding hydrogens is 258 g/mol. The highest BCUT2D eigenvalue weighted by molar-refractivity contribution is 5.74. The number of aliphatic hydroxyl groups excluding tert-OH is 1. The van der Waals surface area contributed by atoms with Crippen molar-refractivity contribution in [3.63, 3.8) is 0 Å². The first kappa shape index (κ1) is 16.5. The molecule has 3 N–H and O–H groups in total. The van der Waals surface area contributed by atoms with Crippen molar-refractivity contribution in [1.29, 1.82) is 0 Å². The first-order chi connectivity index (χ1) is 9.43. The van der Waals surface area contributed by atoms with E-state index >= 15 is 0 Å². The minimum atomic E-state index is -0.352. The second-order valence-electron chi connectivity index (χ2n) is 5.16. The van der Waals surface area contributed by atoms with Gasteiger partial charge in [0.05, 0.1) is 11.8 Å². The number of urea groups is 1. The lowest BCUT2D eigenvalue weighted by Gasteiger charge is -2.15. The van der Waals surface area contributed by atoms with E-state index in [1.54, 1.807) is 0 Å². The van der Waals surface area contributed by atoms with Crippen LogP contribution < -0.4 is 10.6 Å². The lowest BCUT2D eigenvalue weighted by Crippen LogP contribution is -2.42. The number of hydrogen-bond donors (Lipinski definition) is 3. The van der Waals surface area contributed by atoms with Gasteiger partial charge in [-0.25, -0.2) is 4.79 Å². The van der Waals surface area contributed by atoms with E-state index in [4.69, 9.17) is 4.52 Å². The largest absolute Gasteiger partial charge is 0.393 e. The number of nitrogens with zero attached hydrogens (tertiary/aromatic N) is 1. The van der Waals surface area contributed by atoms with Crippen LogP contribution in [-0.4, -0.2) is 35.0 Å². The number of carbonyl (C=O) groups excluding carboxylic acids is 1. The second kappa shape index (κ2) is 7.89. The molecule has 114 valence electrons. The van der Waals surface area contributed by atoms with E-state index < -0.39 is 0 Å². The van der Waals surface area contributed by atoms with Gasteiger partial charge in [-0.2, -0.15) is 0 Å². The van der Waals surface area contributed by atoms with E-state index in [1.807, 2.05) is 27.7 Å². The highest BCUT2D eigenvalue weighted by Gasteiger charge is 2.14. The van der Waals surface area contributed by atoms with Crippen molar-refractivity contribution >= 4 is 6.03 Å². The van der Waals surface area contributed by atoms with E-state index in [1.165, 1.54) is 0 Å². The molecule has 1 aromatic heterocycles. The average Bonchev–Trinajstić information content (AvgIpc) is 2.70. The van der Waals surface area contributed by atoms with Gasteiger partial charge in [-0.05, 0) is 40.0 Å². The summed E-state index contributed by atoms with van der Waals surface area (Å²) in [6.45, 7) is 8.08. The number of carbonyl (C=O) groups is 1. The Morgan fingerprint density at radius 1 is 1.45 bits per heavy atom. The number of nitrogens with one attached hydrogen (secondary N) is 2. The lowest BCUT2D eigenvalue weighted by atomic mass is 10.1. The molecule has 20 heavy (non-hydrogen) atoms. The highest BCUT2D eigenvalue weighted by atomic mass is 16.5. The summed E-state index contributed by atoms with van der Waals surface area (Å²) in [5, 5.41) is 18.9. The molecule has 0 bridgehead atoms. The van der Waals surface area contributed by atoms with Crippen molar-refractivity contribution in [2.24, 2.45) is 0 Å². The van der Waals surface area contributed by atoms with Gasteiger partial charge < -0.3 is 20.3 Å². The summed E-state index contributed by atoms with van der Waals surface area (Å²) in [4.78, 5) is 11.7. The van der Waals surface area contributed by atoms with Crippen LogP contribution in [-0.2, 0) is 6.42 Å². The van der Waals surface area contributed by atoms with E-state index in [-0.39, 0.29) is 18.2 Å². The maximum Gasteiger partial charge on any atom is 0.315 e. The molecule has 6 heteroatoms. The van der Waals surface area contributed by atoms with Gasteiger partial charge in [0, 0.05) is 18.2 Å². The predicted octanol–water partition coefficient (Wildman–Crippen LogP) is 1.68. The Kier molecular flexibility index (Phi) is 6.51. The Hall–Kier alpha value is -1.56. The molecule has 2 unspecified atom stereocenters. The zero-order valence-electron chi connectivity index (χ0n) is 12.7. The van der Waals surface area contributed by atoms with E-state index in [9.17, 15) is 9.90 Å². The summed E-state index contributed by atoms with van der Waals surface area (Å²) in [5.41, 5.74) is 1.90. The van der Waals surface area contributed by atoms with Crippen molar-refractivity contribution in [1.82, 2.24) is 15.8 Å². The Balaban J connectivity index is 2.31. The minimum absolute atomic E-state index is 0.0112. The van der Waals surface area contributed by atoms with Gasteiger partial charge in [0.1, 0.15) is 5.76 Å². The quantitative estimate of drug-likeness (QED) is 0.710. The van der Waals surface area contributed by atoms with Gasteiger partial charge in [0.25, 0.3) is 0 Å². The normalized spacial score (nSPS) is 13.8. The summed E-state index contributed by atoms with van der Waals surface area (Å²) < 4.78 is 5.10. The Bertz CT molecular complexity index is 412. The zero-order chi connectivity index (χ0) is 15.1. The molecule has 0 saturated heterocycles. The summed E-state index contributed by atoms with van der Waals surface area (Å²) in [6, 6.07) is -0.226. The molecule has 0 aliphatic carbocycles. The topological polar surface area (TPSA) is 87.4 Å². The Morgan fingerprint density at radius 3 is 2.70 bits per heavy atom. The monoisotopic (exact) mass is 283 g/mol. The fourth-order valence-electron chi connectivity index (χ4n) is 1.98. The van der Waals surface area contributed by atoms with Crippen molar-refractivity contribution in [2.75, 3.05) is 6.54 Å². The third-order valence-corrected chi connectivity index (χ3v) is 3.30. The molecule has 6 nitrogen and oxygen atoms in total.